The average molecular weight is 338 g/mol. The predicted octanol–water partition coefficient (Wildman–Crippen LogP) is 5.30. The molecule has 0 saturated carbocycles. The van der Waals surface area contributed by atoms with Crippen LogP contribution in [0, 0.1) is 0 Å². The van der Waals surface area contributed by atoms with Gasteiger partial charge in [-0.2, -0.15) is 0 Å². The molecule has 1 heterocycles. The summed E-state index contributed by atoms with van der Waals surface area (Å²) in [5.74, 6) is 0. The molecule has 0 aliphatic rings. The first-order chi connectivity index (χ1) is 10.3. The van der Waals surface area contributed by atoms with Crippen molar-refractivity contribution in [3.63, 3.8) is 0 Å². The van der Waals surface area contributed by atoms with Crippen molar-refractivity contribution in [3.05, 3.63) is 88.5 Å². The summed E-state index contributed by atoms with van der Waals surface area (Å²) in [6, 6.07) is 23.1. The van der Waals surface area contributed by atoms with Crippen molar-refractivity contribution in [2.45, 2.75) is 12.8 Å². The molecule has 0 amide bonds. The maximum absolute atomic E-state index is 4.47. The van der Waals surface area contributed by atoms with Gasteiger partial charge in [0, 0.05) is 16.2 Å². The largest absolute Gasteiger partial charge is 0.256 e. The average Bonchev–Trinajstić information content (AvgIpc) is 2.54. The van der Waals surface area contributed by atoms with Crippen molar-refractivity contribution >= 4 is 15.9 Å². The maximum Gasteiger partial charge on any atom is 0.0704 e. The Bertz CT molecular complexity index is 722. The highest BCUT2D eigenvalue weighted by molar-refractivity contribution is 9.10. The number of hydrogen-bond donors (Lipinski definition) is 0. The molecular formula is C19H16BrN. The predicted molar refractivity (Wildman–Crippen MR) is 91.2 cm³/mol. The van der Waals surface area contributed by atoms with Gasteiger partial charge in [0.25, 0.3) is 0 Å². The third-order valence-corrected chi connectivity index (χ3v) is 3.98. The summed E-state index contributed by atoms with van der Waals surface area (Å²) in [5, 5.41) is 0. The first-order valence-corrected chi connectivity index (χ1v) is 7.85. The topological polar surface area (TPSA) is 12.9 Å². The van der Waals surface area contributed by atoms with Crippen LogP contribution in [0.25, 0.3) is 11.3 Å². The monoisotopic (exact) mass is 337 g/mol. The van der Waals surface area contributed by atoms with Crippen molar-refractivity contribution in [2.24, 2.45) is 0 Å². The summed E-state index contributed by atoms with van der Waals surface area (Å²) >= 11 is 3.52. The van der Waals surface area contributed by atoms with Crippen molar-refractivity contribution in [1.82, 2.24) is 4.98 Å². The second-order valence-electron chi connectivity index (χ2n) is 5.05. The fourth-order valence-electron chi connectivity index (χ4n) is 2.38. The summed E-state index contributed by atoms with van der Waals surface area (Å²) in [6.07, 6.45) is 3.97. The lowest BCUT2D eigenvalue weighted by molar-refractivity contribution is 0.955. The zero-order valence-corrected chi connectivity index (χ0v) is 13.3. The minimum Gasteiger partial charge on any atom is -0.256 e. The molecule has 0 N–H and O–H groups in total. The molecule has 3 aromatic rings. The quantitative estimate of drug-likeness (QED) is 0.629. The van der Waals surface area contributed by atoms with Gasteiger partial charge in [-0.15, -0.1) is 0 Å². The normalized spacial score (nSPS) is 10.5. The van der Waals surface area contributed by atoms with E-state index in [4.69, 9.17) is 0 Å². The van der Waals surface area contributed by atoms with Gasteiger partial charge in [0.1, 0.15) is 0 Å². The van der Waals surface area contributed by atoms with Crippen LogP contribution in [0.5, 0.6) is 0 Å². The molecule has 1 aromatic heterocycles. The van der Waals surface area contributed by atoms with Crippen molar-refractivity contribution in [1.29, 1.82) is 0 Å². The number of aromatic nitrogens is 1. The van der Waals surface area contributed by atoms with Gasteiger partial charge in [-0.25, -0.2) is 0 Å². The van der Waals surface area contributed by atoms with Gasteiger partial charge in [-0.05, 0) is 48.2 Å². The van der Waals surface area contributed by atoms with Crippen LogP contribution >= 0.6 is 15.9 Å². The van der Waals surface area contributed by atoms with Gasteiger partial charge < -0.3 is 0 Å². The van der Waals surface area contributed by atoms with Gasteiger partial charge in [0.05, 0.1) is 5.69 Å². The van der Waals surface area contributed by atoms with E-state index in [0.29, 0.717) is 0 Å². The van der Waals surface area contributed by atoms with E-state index in [9.17, 15) is 0 Å². The summed E-state index contributed by atoms with van der Waals surface area (Å²) in [7, 11) is 0. The second-order valence-corrected chi connectivity index (χ2v) is 5.96. The number of halogens is 1. The molecule has 0 aliphatic carbocycles. The fourth-order valence-corrected chi connectivity index (χ4v) is 2.82. The lowest BCUT2D eigenvalue weighted by Crippen LogP contribution is -1.93. The molecule has 0 bridgehead atoms. The lowest BCUT2D eigenvalue weighted by Gasteiger charge is -2.05. The van der Waals surface area contributed by atoms with Gasteiger partial charge in [0.2, 0.25) is 0 Å². The van der Waals surface area contributed by atoms with Crippen molar-refractivity contribution < 1.29 is 0 Å². The van der Waals surface area contributed by atoms with Crippen LogP contribution in [0.15, 0.2) is 77.4 Å². The molecule has 0 unspecified atom stereocenters. The molecule has 0 radical (unpaired) electrons. The molecule has 0 fully saturated rings. The van der Waals surface area contributed by atoms with Crippen LogP contribution in [0.2, 0.25) is 0 Å². The molecule has 104 valence electrons. The van der Waals surface area contributed by atoms with E-state index in [1.807, 2.05) is 24.4 Å². The maximum atomic E-state index is 4.47. The molecule has 0 spiro atoms. The Balaban J connectivity index is 1.75. The van der Waals surface area contributed by atoms with Crippen LogP contribution in [-0.2, 0) is 12.8 Å². The van der Waals surface area contributed by atoms with E-state index >= 15 is 0 Å². The Morgan fingerprint density at radius 2 is 1.52 bits per heavy atom. The van der Waals surface area contributed by atoms with Crippen LogP contribution in [-0.4, -0.2) is 4.98 Å². The molecular weight excluding hydrogens is 322 g/mol. The second kappa shape index (κ2) is 6.68. The van der Waals surface area contributed by atoms with E-state index in [-0.39, 0.29) is 0 Å². The number of rotatable bonds is 4. The molecule has 0 aliphatic heterocycles. The minimum atomic E-state index is 1.03. The highest BCUT2D eigenvalue weighted by atomic mass is 79.9. The Labute approximate surface area is 133 Å². The first-order valence-electron chi connectivity index (χ1n) is 7.06. The molecule has 0 saturated heterocycles. The van der Waals surface area contributed by atoms with Gasteiger partial charge in [-0.1, -0.05) is 58.4 Å². The SMILES string of the molecule is Brc1cccc(CCc2ccnc(-c3ccccc3)c2)c1. The van der Waals surface area contributed by atoms with Crippen molar-refractivity contribution in [2.75, 3.05) is 0 Å². The summed E-state index contributed by atoms with van der Waals surface area (Å²) in [4.78, 5) is 4.47. The number of hydrogen-bond acceptors (Lipinski definition) is 1. The smallest absolute Gasteiger partial charge is 0.0704 e. The summed E-state index contributed by atoms with van der Waals surface area (Å²) < 4.78 is 1.14. The third-order valence-electron chi connectivity index (χ3n) is 3.49. The van der Waals surface area contributed by atoms with E-state index < -0.39 is 0 Å². The number of aryl methyl sites for hydroxylation is 2. The molecule has 3 rings (SSSR count). The van der Waals surface area contributed by atoms with E-state index in [2.05, 4.69) is 69.4 Å². The molecule has 21 heavy (non-hydrogen) atoms. The highest BCUT2D eigenvalue weighted by Gasteiger charge is 2.01. The Morgan fingerprint density at radius 1 is 0.762 bits per heavy atom. The standard InChI is InChI=1S/C19H16BrN/c20-18-8-4-5-15(13-18)9-10-16-11-12-21-19(14-16)17-6-2-1-3-7-17/h1-8,11-14H,9-10H2. The Kier molecular flexibility index (Phi) is 4.46. The molecule has 2 aromatic carbocycles. The number of nitrogens with zero attached hydrogens (tertiary/aromatic N) is 1. The van der Waals surface area contributed by atoms with Crippen LogP contribution in [0.3, 0.4) is 0 Å². The third kappa shape index (κ3) is 3.79. The zero-order valence-electron chi connectivity index (χ0n) is 11.7. The highest BCUT2D eigenvalue weighted by Crippen LogP contribution is 2.19. The van der Waals surface area contributed by atoms with Crippen LogP contribution in [0.4, 0.5) is 0 Å². The molecule has 1 nitrogen and oxygen atoms in total. The van der Waals surface area contributed by atoms with Gasteiger partial charge >= 0.3 is 0 Å². The van der Waals surface area contributed by atoms with Crippen LogP contribution < -0.4 is 0 Å². The number of pyridine rings is 1. The summed E-state index contributed by atoms with van der Waals surface area (Å²) in [5.41, 5.74) is 4.88. The van der Waals surface area contributed by atoms with E-state index in [1.54, 1.807) is 0 Å². The zero-order chi connectivity index (χ0) is 14.5. The first kappa shape index (κ1) is 14.0. The minimum absolute atomic E-state index is 1.03. The van der Waals surface area contributed by atoms with E-state index in [1.165, 1.54) is 16.7 Å². The molecule has 2 heteroatoms. The molecule has 0 atom stereocenters. The van der Waals surface area contributed by atoms with Gasteiger partial charge in [0.15, 0.2) is 0 Å². The lowest BCUT2D eigenvalue weighted by atomic mass is 10.0. The Morgan fingerprint density at radius 3 is 2.29 bits per heavy atom. The van der Waals surface area contributed by atoms with Crippen LogP contribution in [0.1, 0.15) is 11.1 Å². The Hall–Kier alpha value is -1.93. The number of benzene rings is 2. The van der Waals surface area contributed by atoms with E-state index in [0.717, 1.165) is 23.0 Å². The van der Waals surface area contributed by atoms with Gasteiger partial charge in [-0.3, -0.25) is 4.98 Å². The van der Waals surface area contributed by atoms with Crippen molar-refractivity contribution in [3.8, 4) is 11.3 Å². The summed E-state index contributed by atoms with van der Waals surface area (Å²) in [6.45, 7) is 0. The fraction of sp³-hybridized carbons (Fsp3) is 0.105.